The standard InChI is InChI=1S/C20H38O4/c1-4-7-9-11-13-16-18(21)23-20(15-6-3)24-19(22)17-14-12-10-8-5-2/h20H,4-17H2,1-3H3. The fourth-order valence-corrected chi connectivity index (χ4v) is 2.53. The summed E-state index contributed by atoms with van der Waals surface area (Å²) < 4.78 is 10.7. The average molecular weight is 343 g/mol. The molecule has 0 spiro atoms. The smallest absolute Gasteiger partial charge is 0.308 e. The monoisotopic (exact) mass is 342 g/mol. The van der Waals surface area contributed by atoms with Gasteiger partial charge in [-0.3, -0.25) is 9.59 Å². The van der Waals surface area contributed by atoms with Gasteiger partial charge in [0.2, 0.25) is 6.29 Å². The van der Waals surface area contributed by atoms with E-state index in [0.29, 0.717) is 19.3 Å². The predicted octanol–water partition coefficient (Wildman–Crippen LogP) is 5.92. The van der Waals surface area contributed by atoms with Crippen LogP contribution in [-0.4, -0.2) is 18.2 Å². The molecule has 0 radical (unpaired) electrons. The molecular weight excluding hydrogens is 304 g/mol. The maximum Gasteiger partial charge on any atom is 0.308 e. The van der Waals surface area contributed by atoms with Gasteiger partial charge in [0.25, 0.3) is 0 Å². The van der Waals surface area contributed by atoms with Crippen LogP contribution in [0.3, 0.4) is 0 Å². The molecule has 0 aliphatic carbocycles. The van der Waals surface area contributed by atoms with Crippen molar-refractivity contribution in [2.75, 3.05) is 0 Å². The fourth-order valence-electron chi connectivity index (χ4n) is 2.53. The number of unbranched alkanes of at least 4 members (excludes halogenated alkanes) is 8. The Morgan fingerprint density at radius 3 is 1.42 bits per heavy atom. The first kappa shape index (κ1) is 22.9. The molecule has 0 N–H and O–H groups in total. The van der Waals surface area contributed by atoms with Crippen molar-refractivity contribution in [2.24, 2.45) is 0 Å². The minimum absolute atomic E-state index is 0.249. The molecule has 24 heavy (non-hydrogen) atoms. The Bertz CT molecular complexity index is 287. The van der Waals surface area contributed by atoms with E-state index in [0.717, 1.165) is 44.9 Å². The van der Waals surface area contributed by atoms with Crippen molar-refractivity contribution in [2.45, 2.75) is 117 Å². The molecule has 0 rings (SSSR count). The molecule has 0 unspecified atom stereocenters. The number of hydrogen-bond donors (Lipinski definition) is 0. The second-order valence-electron chi connectivity index (χ2n) is 6.53. The summed E-state index contributed by atoms with van der Waals surface area (Å²) in [5.41, 5.74) is 0. The van der Waals surface area contributed by atoms with Gasteiger partial charge < -0.3 is 9.47 Å². The number of carbonyl (C=O) groups excluding carboxylic acids is 2. The highest BCUT2D eigenvalue weighted by Crippen LogP contribution is 2.12. The normalized spacial score (nSPS) is 10.8. The van der Waals surface area contributed by atoms with E-state index in [1.807, 2.05) is 6.92 Å². The molecule has 0 aromatic heterocycles. The number of ether oxygens (including phenoxy) is 2. The summed E-state index contributed by atoms with van der Waals surface area (Å²) >= 11 is 0. The van der Waals surface area contributed by atoms with Crippen LogP contribution in [0, 0.1) is 0 Å². The molecule has 0 heterocycles. The summed E-state index contributed by atoms with van der Waals surface area (Å²) in [4.78, 5) is 23.7. The summed E-state index contributed by atoms with van der Waals surface area (Å²) in [6, 6.07) is 0. The van der Waals surface area contributed by atoms with Crippen molar-refractivity contribution in [1.82, 2.24) is 0 Å². The van der Waals surface area contributed by atoms with Gasteiger partial charge in [0.1, 0.15) is 0 Å². The topological polar surface area (TPSA) is 52.6 Å². The van der Waals surface area contributed by atoms with Crippen LogP contribution in [0.5, 0.6) is 0 Å². The van der Waals surface area contributed by atoms with Crippen molar-refractivity contribution >= 4 is 11.9 Å². The Labute approximate surface area is 148 Å². The Hall–Kier alpha value is -1.06. The van der Waals surface area contributed by atoms with E-state index in [1.165, 1.54) is 25.7 Å². The van der Waals surface area contributed by atoms with Crippen molar-refractivity contribution in [3.63, 3.8) is 0 Å². The lowest BCUT2D eigenvalue weighted by molar-refractivity contribution is -0.189. The summed E-state index contributed by atoms with van der Waals surface area (Å²) in [7, 11) is 0. The molecule has 0 aromatic carbocycles. The van der Waals surface area contributed by atoms with E-state index in [1.54, 1.807) is 0 Å². The summed E-state index contributed by atoms with van der Waals surface area (Å²) in [5, 5.41) is 0. The molecule has 142 valence electrons. The molecule has 0 fully saturated rings. The van der Waals surface area contributed by atoms with Gasteiger partial charge in [-0.05, 0) is 19.3 Å². The highest BCUT2D eigenvalue weighted by atomic mass is 16.7. The van der Waals surface area contributed by atoms with Crippen LogP contribution in [0.4, 0.5) is 0 Å². The van der Waals surface area contributed by atoms with E-state index in [4.69, 9.17) is 9.47 Å². The second-order valence-corrected chi connectivity index (χ2v) is 6.53. The van der Waals surface area contributed by atoms with Crippen molar-refractivity contribution in [3.05, 3.63) is 0 Å². The average Bonchev–Trinajstić information content (AvgIpc) is 2.54. The molecule has 0 aliphatic rings. The van der Waals surface area contributed by atoms with Crippen LogP contribution in [0.1, 0.15) is 111 Å². The van der Waals surface area contributed by atoms with Crippen LogP contribution in [0.25, 0.3) is 0 Å². The molecule has 4 nitrogen and oxygen atoms in total. The Morgan fingerprint density at radius 1 is 0.625 bits per heavy atom. The van der Waals surface area contributed by atoms with Gasteiger partial charge in [0.05, 0.1) is 0 Å². The van der Waals surface area contributed by atoms with Crippen molar-refractivity contribution < 1.29 is 19.1 Å². The van der Waals surface area contributed by atoms with Gasteiger partial charge in [-0.2, -0.15) is 0 Å². The number of rotatable bonds is 16. The molecule has 0 aromatic rings. The lowest BCUT2D eigenvalue weighted by Crippen LogP contribution is -2.24. The van der Waals surface area contributed by atoms with E-state index in [2.05, 4.69) is 13.8 Å². The molecule has 0 saturated heterocycles. The van der Waals surface area contributed by atoms with E-state index in [9.17, 15) is 9.59 Å². The molecule has 0 bridgehead atoms. The predicted molar refractivity (Wildman–Crippen MR) is 97.6 cm³/mol. The lowest BCUT2D eigenvalue weighted by atomic mass is 10.1. The van der Waals surface area contributed by atoms with Crippen LogP contribution in [-0.2, 0) is 19.1 Å². The Kier molecular flexibility index (Phi) is 16.0. The van der Waals surface area contributed by atoms with E-state index in [-0.39, 0.29) is 11.9 Å². The zero-order valence-corrected chi connectivity index (χ0v) is 16.1. The van der Waals surface area contributed by atoms with Gasteiger partial charge >= 0.3 is 11.9 Å². The zero-order valence-electron chi connectivity index (χ0n) is 16.1. The molecular formula is C20H38O4. The third-order valence-electron chi connectivity index (χ3n) is 4.02. The highest BCUT2D eigenvalue weighted by Gasteiger charge is 2.17. The number of esters is 2. The third kappa shape index (κ3) is 14.5. The number of hydrogen-bond acceptors (Lipinski definition) is 4. The first-order valence-electron chi connectivity index (χ1n) is 10.0. The van der Waals surface area contributed by atoms with E-state index < -0.39 is 6.29 Å². The molecule has 0 saturated carbocycles. The number of carbonyl (C=O) groups is 2. The maximum atomic E-state index is 11.9. The summed E-state index contributed by atoms with van der Waals surface area (Å²) in [5.74, 6) is -0.499. The SMILES string of the molecule is CCCCCCCC(=O)OC(CCC)OC(=O)CCCCCCC. The Morgan fingerprint density at radius 2 is 1.04 bits per heavy atom. The van der Waals surface area contributed by atoms with Gasteiger partial charge in [0.15, 0.2) is 0 Å². The third-order valence-corrected chi connectivity index (χ3v) is 4.02. The minimum Gasteiger partial charge on any atom is -0.425 e. The summed E-state index contributed by atoms with van der Waals surface area (Å²) in [6.07, 6.45) is 12.5. The first-order valence-corrected chi connectivity index (χ1v) is 10.0. The van der Waals surface area contributed by atoms with Crippen LogP contribution < -0.4 is 0 Å². The quantitative estimate of drug-likeness (QED) is 0.198. The molecule has 0 atom stereocenters. The lowest BCUT2D eigenvalue weighted by Gasteiger charge is -2.17. The van der Waals surface area contributed by atoms with Crippen LogP contribution in [0.2, 0.25) is 0 Å². The van der Waals surface area contributed by atoms with Crippen molar-refractivity contribution in [1.29, 1.82) is 0 Å². The minimum atomic E-state index is -0.707. The maximum absolute atomic E-state index is 11.9. The fraction of sp³-hybridized carbons (Fsp3) is 0.900. The van der Waals surface area contributed by atoms with E-state index >= 15 is 0 Å². The van der Waals surface area contributed by atoms with Gasteiger partial charge in [-0.15, -0.1) is 0 Å². The van der Waals surface area contributed by atoms with Gasteiger partial charge in [-0.1, -0.05) is 72.1 Å². The van der Waals surface area contributed by atoms with Gasteiger partial charge in [0, 0.05) is 19.3 Å². The molecule has 0 amide bonds. The molecule has 4 heteroatoms. The van der Waals surface area contributed by atoms with Crippen LogP contribution >= 0.6 is 0 Å². The zero-order chi connectivity index (χ0) is 18.0. The second kappa shape index (κ2) is 16.8. The Balaban J connectivity index is 3.92. The largest absolute Gasteiger partial charge is 0.425 e. The highest BCUT2D eigenvalue weighted by molar-refractivity contribution is 5.71. The summed E-state index contributed by atoms with van der Waals surface area (Å²) in [6.45, 7) is 6.33. The van der Waals surface area contributed by atoms with Crippen molar-refractivity contribution in [3.8, 4) is 0 Å². The van der Waals surface area contributed by atoms with Gasteiger partial charge in [-0.25, -0.2) is 0 Å². The molecule has 0 aliphatic heterocycles. The first-order chi connectivity index (χ1) is 11.6. The van der Waals surface area contributed by atoms with Crippen LogP contribution in [0.15, 0.2) is 0 Å².